The molecule has 1 aromatic heterocycles. The molecule has 5 nitrogen and oxygen atoms in total. The van der Waals surface area contributed by atoms with Crippen LogP contribution in [0.2, 0.25) is 5.15 Å². The molecule has 20 heavy (non-hydrogen) atoms. The lowest BCUT2D eigenvalue weighted by Crippen LogP contribution is -2.40. The zero-order chi connectivity index (χ0) is 14.9. The molecule has 1 aromatic rings. The molecule has 1 amide bonds. The molecular weight excluding hydrogens is 278 g/mol. The summed E-state index contributed by atoms with van der Waals surface area (Å²) in [5, 5.41) is 9.19. The number of amides is 1. The SMILES string of the molecule is CC(C)(C)OC(=O)N1CCc2nc(Cl)c(C#N)cc2C1. The number of rotatable bonds is 0. The molecule has 2 rings (SSSR count). The van der Waals surface area contributed by atoms with Gasteiger partial charge in [0.05, 0.1) is 12.1 Å². The molecule has 2 heterocycles. The first-order valence-electron chi connectivity index (χ1n) is 6.36. The molecule has 1 aliphatic heterocycles. The number of aromatic nitrogens is 1. The van der Waals surface area contributed by atoms with E-state index in [2.05, 4.69) is 4.98 Å². The van der Waals surface area contributed by atoms with Crippen molar-refractivity contribution in [2.75, 3.05) is 6.54 Å². The molecule has 0 aromatic carbocycles. The topological polar surface area (TPSA) is 66.2 Å². The minimum atomic E-state index is -0.520. The van der Waals surface area contributed by atoms with E-state index >= 15 is 0 Å². The van der Waals surface area contributed by atoms with Gasteiger partial charge in [-0.1, -0.05) is 11.6 Å². The summed E-state index contributed by atoms with van der Waals surface area (Å²) in [4.78, 5) is 17.9. The van der Waals surface area contributed by atoms with Crippen molar-refractivity contribution < 1.29 is 9.53 Å². The molecule has 0 unspecified atom stereocenters. The zero-order valence-electron chi connectivity index (χ0n) is 11.7. The van der Waals surface area contributed by atoms with Crippen LogP contribution in [0.25, 0.3) is 0 Å². The van der Waals surface area contributed by atoms with Crippen molar-refractivity contribution in [3.63, 3.8) is 0 Å². The first kappa shape index (κ1) is 14.6. The Morgan fingerprint density at radius 2 is 2.25 bits per heavy atom. The van der Waals surface area contributed by atoms with E-state index in [1.54, 1.807) is 11.0 Å². The number of nitriles is 1. The summed E-state index contributed by atoms with van der Waals surface area (Å²) < 4.78 is 5.35. The average molecular weight is 294 g/mol. The maximum absolute atomic E-state index is 12.0. The summed E-state index contributed by atoms with van der Waals surface area (Å²) in [5.74, 6) is 0. The highest BCUT2D eigenvalue weighted by Gasteiger charge is 2.26. The molecule has 0 radical (unpaired) electrons. The van der Waals surface area contributed by atoms with E-state index in [1.807, 2.05) is 26.8 Å². The number of fused-ring (bicyclic) bond motifs is 1. The third kappa shape index (κ3) is 3.20. The standard InChI is InChI=1S/C14H16ClN3O2/c1-14(2,3)20-13(19)18-5-4-11-10(8-18)6-9(7-16)12(15)17-11/h6H,4-5,8H2,1-3H3. The number of nitrogens with zero attached hydrogens (tertiary/aromatic N) is 3. The second-order valence-electron chi connectivity index (χ2n) is 5.70. The van der Waals surface area contributed by atoms with Crippen LogP contribution in [0.15, 0.2) is 6.07 Å². The van der Waals surface area contributed by atoms with Gasteiger partial charge in [-0.25, -0.2) is 9.78 Å². The van der Waals surface area contributed by atoms with Crippen LogP contribution >= 0.6 is 11.6 Å². The predicted molar refractivity (Wildman–Crippen MR) is 74.3 cm³/mol. The number of ether oxygens (including phenoxy) is 1. The summed E-state index contributed by atoms with van der Waals surface area (Å²) in [6.45, 7) is 6.42. The Bertz CT molecular complexity index is 587. The van der Waals surface area contributed by atoms with Crippen LogP contribution in [0.3, 0.4) is 0 Å². The average Bonchev–Trinajstić information content (AvgIpc) is 2.35. The fourth-order valence-corrected chi connectivity index (χ4v) is 2.21. The van der Waals surface area contributed by atoms with Gasteiger partial charge in [-0.2, -0.15) is 5.26 Å². The molecule has 0 atom stereocenters. The molecule has 0 aliphatic carbocycles. The van der Waals surface area contributed by atoms with Crippen LogP contribution < -0.4 is 0 Å². The van der Waals surface area contributed by atoms with Gasteiger partial charge < -0.3 is 9.64 Å². The summed E-state index contributed by atoms with van der Waals surface area (Å²) >= 11 is 5.91. The first-order valence-corrected chi connectivity index (χ1v) is 6.74. The van der Waals surface area contributed by atoms with E-state index < -0.39 is 5.60 Å². The number of halogens is 1. The van der Waals surface area contributed by atoms with E-state index in [0.29, 0.717) is 25.1 Å². The molecule has 0 bridgehead atoms. The van der Waals surface area contributed by atoms with E-state index in [-0.39, 0.29) is 11.2 Å². The van der Waals surface area contributed by atoms with Gasteiger partial charge in [0.15, 0.2) is 0 Å². The molecular formula is C14H16ClN3O2. The van der Waals surface area contributed by atoms with Crippen molar-refractivity contribution in [1.29, 1.82) is 5.26 Å². The van der Waals surface area contributed by atoms with Gasteiger partial charge in [-0.15, -0.1) is 0 Å². The van der Waals surface area contributed by atoms with E-state index in [1.165, 1.54) is 0 Å². The summed E-state index contributed by atoms with van der Waals surface area (Å²) in [6.07, 6.45) is 0.261. The van der Waals surface area contributed by atoms with Gasteiger partial charge in [0.2, 0.25) is 0 Å². The van der Waals surface area contributed by atoms with Crippen LogP contribution in [-0.2, 0) is 17.7 Å². The predicted octanol–water partition coefficient (Wildman–Crippen LogP) is 2.90. The second kappa shape index (κ2) is 5.29. The lowest BCUT2D eigenvalue weighted by molar-refractivity contribution is 0.0223. The lowest BCUT2D eigenvalue weighted by Gasteiger charge is -2.30. The molecule has 0 N–H and O–H groups in total. The van der Waals surface area contributed by atoms with Crippen LogP contribution in [0.1, 0.15) is 37.6 Å². The van der Waals surface area contributed by atoms with Gasteiger partial charge in [0.25, 0.3) is 0 Å². The third-order valence-corrected chi connectivity index (χ3v) is 3.18. The Hall–Kier alpha value is -1.80. The second-order valence-corrected chi connectivity index (χ2v) is 6.05. The minimum absolute atomic E-state index is 0.219. The highest BCUT2D eigenvalue weighted by molar-refractivity contribution is 6.30. The van der Waals surface area contributed by atoms with E-state index in [4.69, 9.17) is 21.6 Å². The van der Waals surface area contributed by atoms with Crippen molar-refractivity contribution in [2.24, 2.45) is 0 Å². The van der Waals surface area contributed by atoms with Crippen LogP contribution in [0.4, 0.5) is 4.79 Å². The number of hydrogen-bond donors (Lipinski definition) is 0. The van der Waals surface area contributed by atoms with Gasteiger partial charge in [0, 0.05) is 18.7 Å². The molecule has 0 saturated carbocycles. The molecule has 0 saturated heterocycles. The van der Waals surface area contributed by atoms with Gasteiger partial charge >= 0.3 is 6.09 Å². The highest BCUT2D eigenvalue weighted by atomic mass is 35.5. The normalized spacial score (nSPS) is 14.4. The monoisotopic (exact) mass is 293 g/mol. The van der Waals surface area contributed by atoms with Gasteiger partial charge in [0.1, 0.15) is 16.8 Å². The Kier molecular flexibility index (Phi) is 3.87. The summed E-state index contributed by atoms with van der Waals surface area (Å²) in [5.41, 5.74) is 1.50. The van der Waals surface area contributed by atoms with Crippen LogP contribution in [0, 0.1) is 11.3 Å². The summed E-state index contributed by atoms with van der Waals surface area (Å²) in [6, 6.07) is 3.69. The van der Waals surface area contributed by atoms with Gasteiger partial charge in [-0.05, 0) is 32.4 Å². The molecule has 1 aliphatic rings. The van der Waals surface area contributed by atoms with Crippen LogP contribution in [0.5, 0.6) is 0 Å². The van der Waals surface area contributed by atoms with Crippen molar-refractivity contribution in [3.05, 3.63) is 28.0 Å². The van der Waals surface area contributed by atoms with Crippen molar-refractivity contribution in [1.82, 2.24) is 9.88 Å². The Balaban J connectivity index is 2.19. The van der Waals surface area contributed by atoms with Crippen molar-refractivity contribution in [2.45, 2.75) is 39.3 Å². The largest absolute Gasteiger partial charge is 0.444 e. The van der Waals surface area contributed by atoms with E-state index in [0.717, 1.165) is 11.3 Å². The first-order chi connectivity index (χ1) is 9.30. The highest BCUT2D eigenvalue weighted by Crippen LogP contribution is 2.24. The Morgan fingerprint density at radius 1 is 1.55 bits per heavy atom. The maximum Gasteiger partial charge on any atom is 0.410 e. The molecule has 106 valence electrons. The summed E-state index contributed by atoms with van der Waals surface area (Å²) in [7, 11) is 0. The zero-order valence-corrected chi connectivity index (χ0v) is 12.5. The molecule has 0 spiro atoms. The maximum atomic E-state index is 12.0. The fraction of sp³-hybridized carbons (Fsp3) is 0.500. The number of pyridine rings is 1. The lowest BCUT2D eigenvalue weighted by atomic mass is 10.0. The van der Waals surface area contributed by atoms with Gasteiger partial charge in [-0.3, -0.25) is 0 Å². The molecule has 0 fully saturated rings. The Morgan fingerprint density at radius 3 is 2.85 bits per heavy atom. The van der Waals surface area contributed by atoms with Crippen LogP contribution in [-0.4, -0.2) is 28.1 Å². The third-order valence-electron chi connectivity index (χ3n) is 2.90. The van der Waals surface area contributed by atoms with E-state index in [9.17, 15) is 4.79 Å². The molecule has 6 heteroatoms. The number of hydrogen-bond acceptors (Lipinski definition) is 4. The number of carbonyl (C=O) groups excluding carboxylic acids is 1. The van der Waals surface area contributed by atoms with Crippen molar-refractivity contribution >= 4 is 17.7 Å². The van der Waals surface area contributed by atoms with Crippen molar-refractivity contribution in [3.8, 4) is 6.07 Å². The fourth-order valence-electron chi connectivity index (χ4n) is 2.01. The minimum Gasteiger partial charge on any atom is -0.444 e. The smallest absolute Gasteiger partial charge is 0.410 e. The quantitative estimate of drug-likeness (QED) is 0.690. The number of carbonyl (C=O) groups is 1. The Labute approximate surface area is 123 Å².